The van der Waals surface area contributed by atoms with Gasteiger partial charge >= 0.3 is 6.09 Å². The van der Waals surface area contributed by atoms with E-state index in [4.69, 9.17) is 24.3 Å². The Morgan fingerprint density at radius 3 is 2.24 bits per heavy atom. The maximum absolute atomic E-state index is 12.9. The van der Waals surface area contributed by atoms with Crippen LogP contribution < -0.4 is 9.47 Å². The number of carbonyl (C=O) groups excluding carboxylic acids is 1. The van der Waals surface area contributed by atoms with Gasteiger partial charge in [0.1, 0.15) is 24.5 Å². The molecule has 0 radical (unpaired) electrons. The van der Waals surface area contributed by atoms with E-state index < -0.39 is 5.60 Å². The van der Waals surface area contributed by atoms with Gasteiger partial charge in [0.2, 0.25) is 11.8 Å². The Hall–Kier alpha value is -4.85. The van der Waals surface area contributed by atoms with Gasteiger partial charge in [0, 0.05) is 37.5 Å². The summed E-state index contributed by atoms with van der Waals surface area (Å²) in [5.74, 6) is 1.11. The van der Waals surface area contributed by atoms with Crippen molar-refractivity contribution in [2.45, 2.75) is 58.3 Å². The molecule has 1 fully saturated rings. The van der Waals surface area contributed by atoms with Crippen LogP contribution in [0.5, 0.6) is 11.8 Å². The van der Waals surface area contributed by atoms with Gasteiger partial charge in [-0.2, -0.15) is 10.1 Å². The Morgan fingerprint density at radius 2 is 1.56 bits per heavy atom. The lowest BCUT2D eigenvalue weighted by atomic mass is 9.89. The van der Waals surface area contributed by atoms with Gasteiger partial charge in [-0.1, -0.05) is 78.9 Å². The molecule has 1 atom stereocenters. The van der Waals surface area contributed by atoms with Gasteiger partial charge in [-0.15, -0.1) is 0 Å². The number of rotatable bonds is 8. The molecule has 1 amide bonds. The molecule has 3 aromatic carbocycles. The number of fused-ring (bicyclic) bond motifs is 1. The number of benzene rings is 3. The average molecular weight is 605 g/mol. The third-order valence-electron chi connectivity index (χ3n) is 7.95. The van der Waals surface area contributed by atoms with Crippen molar-refractivity contribution in [2.24, 2.45) is 7.05 Å². The molecule has 1 saturated heterocycles. The fraction of sp³-hybridized carbons (Fsp3) is 0.324. The summed E-state index contributed by atoms with van der Waals surface area (Å²) >= 11 is 0. The third-order valence-corrected chi connectivity index (χ3v) is 7.95. The molecule has 0 unspecified atom stereocenters. The highest BCUT2D eigenvalue weighted by molar-refractivity contribution is 5.96. The zero-order valence-electron chi connectivity index (χ0n) is 26.4. The molecule has 1 aliphatic heterocycles. The van der Waals surface area contributed by atoms with Crippen LogP contribution in [0.15, 0.2) is 91.0 Å². The first kappa shape index (κ1) is 30.2. The molecule has 1 aliphatic rings. The molecular formula is C37H40N4O4. The summed E-state index contributed by atoms with van der Waals surface area (Å²) < 4.78 is 20.1. The molecule has 0 N–H and O–H groups in total. The van der Waals surface area contributed by atoms with Gasteiger partial charge < -0.3 is 19.1 Å². The number of aryl methyl sites for hydroxylation is 1. The van der Waals surface area contributed by atoms with E-state index in [2.05, 4.69) is 18.2 Å². The Bertz CT molecular complexity index is 1760. The monoisotopic (exact) mass is 604 g/mol. The first-order valence-electron chi connectivity index (χ1n) is 15.5. The summed E-state index contributed by atoms with van der Waals surface area (Å²) in [5.41, 5.74) is 5.37. The van der Waals surface area contributed by atoms with Gasteiger partial charge in [0.05, 0.1) is 11.1 Å². The number of amides is 1. The zero-order valence-corrected chi connectivity index (χ0v) is 26.4. The molecular weight excluding hydrogens is 564 g/mol. The van der Waals surface area contributed by atoms with Crippen LogP contribution in [0.3, 0.4) is 0 Å². The second kappa shape index (κ2) is 13.0. The highest BCUT2D eigenvalue weighted by atomic mass is 16.6. The Morgan fingerprint density at radius 1 is 0.867 bits per heavy atom. The van der Waals surface area contributed by atoms with E-state index in [1.807, 2.05) is 110 Å². The van der Waals surface area contributed by atoms with Gasteiger partial charge in [-0.25, -0.2) is 4.79 Å². The van der Waals surface area contributed by atoms with Crippen molar-refractivity contribution in [3.05, 3.63) is 108 Å². The van der Waals surface area contributed by atoms with Crippen LogP contribution in [0.4, 0.5) is 4.79 Å². The molecule has 0 saturated carbocycles. The first-order valence-corrected chi connectivity index (χ1v) is 15.5. The van der Waals surface area contributed by atoms with Gasteiger partial charge in [0.25, 0.3) is 0 Å². The molecule has 5 aromatic rings. The summed E-state index contributed by atoms with van der Waals surface area (Å²) in [6.07, 6.45) is 1.64. The standard InChI is InChI=1S/C37H40N4O4/c1-37(2,3)45-36(42)41-22-12-17-28(23-41)29-18-11-19-30-33(39-40(4)34(29)30)31-20-21-32(43-24-26-13-7-5-8-14-26)38-35(31)44-25-27-15-9-6-10-16-27/h5-11,13-16,18-21,28H,12,17,22-25H2,1-4H3/t28-/m0/s1. The van der Waals surface area contributed by atoms with E-state index in [-0.39, 0.29) is 12.0 Å². The van der Waals surface area contributed by atoms with Crippen molar-refractivity contribution in [1.29, 1.82) is 0 Å². The number of nitrogens with zero attached hydrogens (tertiary/aromatic N) is 4. The minimum atomic E-state index is -0.530. The number of carbonyl (C=O) groups is 1. The van der Waals surface area contributed by atoms with Crippen LogP contribution in [0.25, 0.3) is 22.2 Å². The summed E-state index contributed by atoms with van der Waals surface area (Å²) in [6.45, 7) is 7.78. The molecule has 0 spiro atoms. The van der Waals surface area contributed by atoms with E-state index in [1.54, 1.807) is 0 Å². The number of ether oxygens (including phenoxy) is 3. The van der Waals surface area contributed by atoms with Crippen molar-refractivity contribution in [1.82, 2.24) is 19.7 Å². The van der Waals surface area contributed by atoms with E-state index in [0.717, 1.165) is 46.1 Å². The molecule has 3 heterocycles. The Labute approximate surface area is 264 Å². The topological polar surface area (TPSA) is 78.7 Å². The number of aromatic nitrogens is 3. The number of likely N-dealkylation sites (tertiary alicyclic amines) is 1. The molecule has 8 nitrogen and oxygen atoms in total. The molecule has 45 heavy (non-hydrogen) atoms. The Balaban J connectivity index is 1.33. The maximum atomic E-state index is 12.9. The first-order chi connectivity index (χ1) is 21.7. The van der Waals surface area contributed by atoms with E-state index >= 15 is 0 Å². The van der Waals surface area contributed by atoms with Gasteiger partial charge in [-0.3, -0.25) is 4.68 Å². The van der Waals surface area contributed by atoms with Crippen molar-refractivity contribution in [2.75, 3.05) is 13.1 Å². The quantitative estimate of drug-likeness (QED) is 0.179. The third kappa shape index (κ3) is 7.11. The molecule has 2 aromatic heterocycles. The number of hydrogen-bond donors (Lipinski definition) is 0. The lowest BCUT2D eigenvalue weighted by Crippen LogP contribution is -2.42. The SMILES string of the molecule is Cn1nc(-c2ccc(OCc3ccccc3)nc2OCc2ccccc2)c2cccc([C@H]3CCCN(C(=O)OC(C)(C)C)C3)c21. The van der Waals surface area contributed by atoms with Gasteiger partial charge in [0.15, 0.2) is 0 Å². The summed E-state index contributed by atoms with van der Waals surface area (Å²) in [5, 5.41) is 6.02. The van der Waals surface area contributed by atoms with Crippen LogP contribution in [-0.4, -0.2) is 44.4 Å². The second-order valence-electron chi connectivity index (χ2n) is 12.5. The largest absolute Gasteiger partial charge is 0.473 e. The molecule has 0 bridgehead atoms. The van der Waals surface area contributed by atoms with E-state index in [1.165, 1.54) is 5.56 Å². The predicted molar refractivity (Wildman–Crippen MR) is 175 cm³/mol. The van der Waals surface area contributed by atoms with Crippen LogP contribution in [0, 0.1) is 0 Å². The highest BCUT2D eigenvalue weighted by Crippen LogP contribution is 2.39. The molecule has 0 aliphatic carbocycles. The summed E-state index contributed by atoms with van der Waals surface area (Å²) in [6, 6.07) is 30.2. The van der Waals surface area contributed by atoms with Crippen molar-refractivity contribution in [3.8, 4) is 23.0 Å². The van der Waals surface area contributed by atoms with Crippen LogP contribution >= 0.6 is 0 Å². The molecule has 232 valence electrons. The number of hydrogen-bond acceptors (Lipinski definition) is 6. The molecule has 6 rings (SSSR count). The van der Waals surface area contributed by atoms with Crippen LogP contribution in [0.1, 0.15) is 56.2 Å². The fourth-order valence-electron chi connectivity index (χ4n) is 5.87. The van der Waals surface area contributed by atoms with Crippen molar-refractivity contribution < 1.29 is 19.0 Å². The van der Waals surface area contributed by atoms with Crippen molar-refractivity contribution >= 4 is 17.0 Å². The lowest BCUT2D eigenvalue weighted by Gasteiger charge is -2.34. The smallest absolute Gasteiger partial charge is 0.410 e. The minimum absolute atomic E-state index is 0.166. The molecule has 8 heteroatoms. The minimum Gasteiger partial charge on any atom is -0.473 e. The zero-order chi connectivity index (χ0) is 31.4. The van der Waals surface area contributed by atoms with E-state index in [0.29, 0.717) is 38.1 Å². The maximum Gasteiger partial charge on any atom is 0.410 e. The average Bonchev–Trinajstić information content (AvgIpc) is 3.39. The Kier molecular flexibility index (Phi) is 8.74. The van der Waals surface area contributed by atoms with Crippen LogP contribution in [-0.2, 0) is 25.0 Å². The predicted octanol–water partition coefficient (Wildman–Crippen LogP) is 7.91. The normalized spacial score (nSPS) is 15.2. The highest BCUT2D eigenvalue weighted by Gasteiger charge is 2.30. The number of pyridine rings is 1. The van der Waals surface area contributed by atoms with Crippen LogP contribution in [0.2, 0.25) is 0 Å². The van der Waals surface area contributed by atoms with E-state index in [9.17, 15) is 4.79 Å². The summed E-state index contributed by atoms with van der Waals surface area (Å²) in [4.78, 5) is 19.6. The van der Waals surface area contributed by atoms with Crippen molar-refractivity contribution in [3.63, 3.8) is 0 Å². The number of para-hydroxylation sites is 1. The fourth-order valence-corrected chi connectivity index (χ4v) is 5.87. The van der Waals surface area contributed by atoms with Gasteiger partial charge in [-0.05, 0) is 56.4 Å². The lowest BCUT2D eigenvalue weighted by molar-refractivity contribution is 0.0198. The summed E-state index contributed by atoms with van der Waals surface area (Å²) in [7, 11) is 1.97. The number of piperidine rings is 1. The second-order valence-corrected chi connectivity index (χ2v) is 12.5.